The van der Waals surface area contributed by atoms with Crippen LogP contribution in [0, 0.1) is 6.92 Å². The highest BCUT2D eigenvalue weighted by Crippen LogP contribution is 2.15. The molecule has 2 rings (SSSR count). The van der Waals surface area contributed by atoms with Gasteiger partial charge in [0.05, 0.1) is 0 Å². The van der Waals surface area contributed by atoms with Crippen molar-refractivity contribution < 1.29 is 13.2 Å². The minimum atomic E-state index is -4.27. The molecule has 0 atom stereocenters. The van der Waals surface area contributed by atoms with E-state index in [0.717, 1.165) is 5.56 Å². The van der Waals surface area contributed by atoms with Gasteiger partial charge in [0, 0.05) is 6.20 Å². The second-order valence-corrected chi connectivity index (χ2v) is 3.36. The number of aromatic nitrogens is 3. The molecule has 0 aliphatic heterocycles. The fourth-order valence-corrected chi connectivity index (χ4v) is 1.29. The summed E-state index contributed by atoms with van der Waals surface area (Å²) in [6.07, 6.45) is -2.64. The van der Waals surface area contributed by atoms with Gasteiger partial charge in [-0.3, -0.25) is 0 Å². The second kappa shape index (κ2) is 3.66. The lowest BCUT2D eigenvalue weighted by Crippen LogP contribution is -2.21. The highest BCUT2D eigenvalue weighted by Gasteiger charge is 2.27. The Bertz CT molecular complexity index is 503. The third kappa shape index (κ3) is 2.23. The zero-order valence-electron chi connectivity index (χ0n) is 8.41. The average molecular weight is 230 g/mol. The number of alkyl halides is 3. The van der Waals surface area contributed by atoms with Crippen LogP contribution in [0.3, 0.4) is 0 Å². The Morgan fingerprint density at radius 2 is 2.19 bits per heavy atom. The van der Waals surface area contributed by atoms with Crippen LogP contribution in [0.1, 0.15) is 5.56 Å². The van der Waals surface area contributed by atoms with Crippen molar-refractivity contribution in [1.29, 1.82) is 0 Å². The maximum Gasteiger partial charge on any atom is 0.405 e. The maximum absolute atomic E-state index is 12.0. The predicted octanol–water partition coefficient (Wildman–Crippen LogP) is 2.01. The van der Waals surface area contributed by atoms with Crippen molar-refractivity contribution in [1.82, 2.24) is 14.6 Å². The normalized spacial score (nSPS) is 12.0. The molecule has 2 aromatic heterocycles. The number of fused-ring (bicyclic) bond motifs is 1. The van der Waals surface area contributed by atoms with E-state index in [1.165, 1.54) is 4.52 Å². The Morgan fingerprint density at radius 3 is 2.81 bits per heavy atom. The molecular weight excluding hydrogens is 221 g/mol. The summed E-state index contributed by atoms with van der Waals surface area (Å²) in [5.41, 5.74) is 1.40. The highest BCUT2D eigenvalue weighted by molar-refractivity contribution is 5.49. The number of anilines is 1. The standard InChI is InChI=1S/C9H9F3N4/c1-6-3-2-4-16-7(6)14-8(15-16)13-5-9(10,11)12/h2-4H,5H2,1H3,(H,13,15). The Hall–Kier alpha value is -1.79. The van der Waals surface area contributed by atoms with Gasteiger partial charge in [-0.25, -0.2) is 4.52 Å². The fraction of sp³-hybridized carbons (Fsp3) is 0.333. The molecule has 0 unspecified atom stereocenters. The molecule has 0 aromatic carbocycles. The molecule has 0 spiro atoms. The third-order valence-electron chi connectivity index (χ3n) is 2.00. The largest absolute Gasteiger partial charge is 0.405 e. The molecule has 0 amide bonds. The number of halogens is 3. The summed E-state index contributed by atoms with van der Waals surface area (Å²) in [4.78, 5) is 3.96. The van der Waals surface area contributed by atoms with E-state index in [1.54, 1.807) is 12.3 Å². The van der Waals surface area contributed by atoms with E-state index in [2.05, 4.69) is 15.4 Å². The Kier molecular flexibility index (Phi) is 2.45. The first-order valence-corrected chi connectivity index (χ1v) is 4.58. The zero-order valence-corrected chi connectivity index (χ0v) is 8.41. The number of rotatable bonds is 2. The van der Waals surface area contributed by atoms with Gasteiger partial charge in [-0.05, 0) is 18.6 Å². The number of pyridine rings is 1. The molecule has 4 nitrogen and oxygen atoms in total. The predicted molar refractivity (Wildman–Crippen MR) is 52.3 cm³/mol. The summed E-state index contributed by atoms with van der Waals surface area (Å²) in [5, 5.41) is 6.00. The van der Waals surface area contributed by atoms with Crippen LogP contribution in [-0.2, 0) is 0 Å². The van der Waals surface area contributed by atoms with E-state index in [1.807, 2.05) is 13.0 Å². The monoisotopic (exact) mass is 230 g/mol. The van der Waals surface area contributed by atoms with Gasteiger partial charge >= 0.3 is 6.18 Å². The summed E-state index contributed by atoms with van der Waals surface area (Å²) in [7, 11) is 0. The lowest BCUT2D eigenvalue weighted by atomic mass is 10.3. The maximum atomic E-state index is 12.0. The van der Waals surface area contributed by atoms with Crippen molar-refractivity contribution in [2.45, 2.75) is 13.1 Å². The quantitative estimate of drug-likeness (QED) is 0.858. The lowest BCUT2D eigenvalue weighted by molar-refractivity contribution is -0.115. The summed E-state index contributed by atoms with van der Waals surface area (Å²) in [5.74, 6) is -0.0216. The number of nitrogens with zero attached hydrogens (tertiary/aromatic N) is 3. The van der Waals surface area contributed by atoms with E-state index in [0.29, 0.717) is 5.65 Å². The average Bonchev–Trinajstić information content (AvgIpc) is 2.58. The van der Waals surface area contributed by atoms with Crippen LogP contribution in [0.15, 0.2) is 18.3 Å². The minimum absolute atomic E-state index is 0.0216. The number of hydrogen-bond donors (Lipinski definition) is 1. The van der Waals surface area contributed by atoms with Gasteiger partial charge in [0.25, 0.3) is 0 Å². The van der Waals surface area contributed by atoms with Crippen LogP contribution in [-0.4, -0.2) is 27.3 Å². The van der Waals surface area contributed by atoms with Crippen molar-refractivity contribution in [3.63, 3.8) is 0 Å². The van der Waals surface area contributed by atoms with Gasteiger partial charge in [0.1, 0.15) is 6.54 Å². The van der Waals surface area contributed by atoms with E-state index in [4.69, 9.17) is 0 Å². The van der Waals surface area contributed by atoms with Crippen LogP contribution in [0.4, 0.5) is 19.1 Å². The smallest absolute Gasteiger partial charge is 0.344 e. The summed E-state index contributed by atoms with van der Waals surface area (Å²) >= 11 is 0. The Morgan fingerprint density at radius 1 is 1.44 bits per heavy atom. The molecule has 86 valence electrons. The van der Waals surface area contributed by atoms with Crippen LogP contribution >= 0.6 is 0 Å². The van der Waals surface area contributed by atoms with E-state index < -0.39 is 12.7 Å². The van der Waals surface area contributed by atoms with Crippen molar-refractivity contribution in [3.8, 4) is 0 Å². The van der Waals surface area contributed by atoms with Gasteiger partial charge < -0.3 is 5.32 Å². The highest BCUT2D eigenvalue weighted by atomic mass is 19.4. The van der Waals surface area contributed by atoms with E-state index in [9.17, 15) is 13.2 Å². The van der Waals surface area contributed by atoms with Crippen molar-refractivity contribution in [3.05, 3.63) is 23.9 Å². The molecule has 1 N–H and O–H groups in total. The Balaban J connectivity index is 2.24. The van der Waals surface area contributed by atoms with Gasteiger partial charge in [-0.1, -0.05) is 6.07 Å². The van der Waals surface area contributed by atoms with Crippen molar-refractivity contribution >= 4 is 11.6 Å². The van der Waals surface area contributed by atoms with Gasteiger partial charge in [-0.2, -0.15) is 18.2 Å². The minimum Gasteiger partial charge on any atom is -0.344 e. The topological polar surface area (TPSA) is 42.2 Å². The molecule has 0 saturated carbocycles. The lowest BCUT2D eigenvalue weighted by Gasteiger charge is -2.04. The molecule has 0 radical (unpaired) electrons. The number of aryl methyl sites for hydroxylation is 1. The van der Waals surface area contributed by atoms with Crippen molar-refractivity contribution in [2.24, 2.45) is 0 Å². The molecule has 16 heavy (non-hydrogen) atoms. The molecule has 0 bridgehead atoms. The summed E-state index contributed by atoms with van der Waals surface area (Å²) in [6, 6.07) is 3.57. The van der Waals surface area contributed by atoms with Crippen LogP contribution in [0.25, 0.3) is 5.65 Å². The Labute approximate surface area is 89.1 Å². The van der Waals surface area contributed by atoms with Gasteiger partial charge in [0.2, 0.25) is 5.95 Å². The summed E-state index contributed by atoms with van der Waals surface area (Å²) < 4.78 is 37.3. The van der Waals surface area contributed by atoms with Crippen LogP contribution < -0.4 is 5.32 Å². The molecule has 2 aromatic rings. The molecule has 0 fully saturated rings. The molecule has 0 aliphatic carbocycles. The van der Waals surface area contributed by atoms with Crippen LogP contribution in [0.2, 0.25) is 0 Å². The van der Waals surface area contributed by atoms with Gasteiger partial charge in [0.15, 0.2) is 5.65 Å². The van der Waals surface area contributed by atoms with E-state index >= 15 is 0 Å². The molecule has 2 heterocycles. The first-order chi connectivity index (χ1) is 7.46. The van der Waals surface area contributed by atoms with E-state index in [-0.39, 0.29) is 5.95 Å². The zero-order chi connectivity index (χ0) is 11.8. The number of hydrogen-bond acceptors (Lipinski definition) is 3. The molecule has 0 aliphatic rings. The first kappa shape index (κ1) is 10.7. The van der Waals surface area contributed by atoms with Crippen molar-refractivity contribution in [2.75, 3.05) is 11.9 Å². The third-order valence-corrected chi connectivity index (χ3v) is 2.00. The fourth-order valence-electron chi connectivity index (χ4n) is 1.29. The van der Waals surface area contributed by atoms with Gasteiger partial charge in [-0.15, -0.1) is 5.10 Å². The number of nitrogens with one attached hydrogen (secondary N) is 1. The first-order valence-electron chi connectivity index (χ1n) is 4.58. The molecule has 7 heteroatoms. The second-order valence-electron chi connectivity index (χ2n) is 3.36. The molecule has 0 saturated heterocycles. The SMILES string of the molecule is Cc1cccn2nc(NCC(F)(F)F)nc12. The van der Waals surface area contributed by atoms with Crippen LogP contribution in [0.5, 0.6) is 0 Å². The summed E-state index contributed by atoms with van der Waals surface area (Å²) in [6.45, 7) is 0.681. The molecular formula is C9H9F3N4.